The predicted molar refractivity (Wildman–Crippen MR) is 100.0 cm³/mol. The lowest BCUT2D eigenvalue weighted by Crippen LogP contribution is -2.72. The summed E-state index contributed by atoms with van der Waals surface area (Å²) in [6.07, 6.45) is 3.80. The maximum atomic E-state index is 13.0. The molecule has 2 aromatic carbocycles. The molecule has 0 radical (unpaired) electrons. The van der Waals surface area contributed by atoms with Crippen LogP contribution in [0.5, 0.6) is 0 Å². The number of nitrogens with two attached hydrogens (primary N) is 1. The molecule has 1 saturated heterocycles. The van der Waals surface area contributed by atoms with Crippen molar-refractivity contribution >= 4 is 23.2 Å². The molecule has 2 unspecified atom stereocenters. The molecule has 1 fully saturated rings. The number of carbonyl (C=O) groups is 1. The van der Waals surface area contributed by atoms with Crippen molar-refractivity contribution in [2.24, 2.45) is 5.92 Å². The van der Waals surface area contributed by atoms with Gasteiger partial charge in [0.25, 0.3) is 0 Å². The van der Waals surface area contributed by atoms with Gasteiger partial charge in [-0.3, -0.25) is 4.79 Å². The summed E-state index contributed by atoms with van der Waals surface area (Å²) in [5.74, 6) is 0.352. The van der Waals surface area contributed by atoms with Gasteiger partial charge in [-0.2, -0.15) is 0 Å². The van der Waals surface area contributed by atoms with E-state index in [1.165, 1.54) is 11.1 Å². The van der Waals surface area contributed by atoms with Crippen molar-refractivity contribution in [3.63, 3.8) is 0 Å². The second-order valence-electron chi connectivity index (χ2n) is 7.11. The highest BCUT2D eigenvalue weighted by Crippen LogP contribution is 2.39. The summed E-state index contributed by atoms with van der Waals surface area (Å²) in [6.45, 7) is 0.862. The molecule has 4 heteroatoms. The Hall–Kier alpha value is -1.84. The number of amides is 1. The zero-order valence-electron chi connectivity index (χ0n) is 14.5. The maximum absolute atomic E-state index is 13.0. The van der Waals surface area contributed by atoms with Crippen LogP contribution >= 0.6 is 11.6 Å². The first-order valence-corrected chi connectivity index (χ1v) is 9.51. The molecule has 4 rings (SSSR count). The fourth-order valence-electron chi connectivity index (χ4n) is 4.29. The summed E-state index contributed by atoms with van der Waals surface area (Å²) in [4.78, 5) is 15.1. The topological polar surface area (TPSA) is 36.9 Å². The largest absolute Gasteiger partial charge is 0.335 e. The van der Waals surface area contributed by atoms with Gasteiger partial charge in [0, 0.05) is 23.6 Å². The minimum atomic E-state index is 0.0571. The minimum Gasteiger partial charge on any atom is -0.335 e. The summed E-state index contributed by atoms with van der Waals surface area (Å²) >= 11 is 6.42. The van der Waals surface area contributed by atoms with Crippen LogP contribution < -0.4 is 5.32 Å². The average Bonchev–Trinajstić information content (AvgIpc) is 3.20. The summed E-state index contributed by atoms with van der Waals surface area (Å²) in [5.41, 5.74) is 4.95. The lowest BCUT2D eigenvalue weighted by Gasteiger charge is -2.25. The van der Waals surface area contributed by atoms with Gasteiger partial charge >= 0.3 is 0 Å². The molecule has 25 heavy (non-hydrogen) atoms. The van der Waals surface area contributed by atoms with Crippen molar-refractivity contribution < 1.29 is 10.1 Å². The Bertz CT molecular complexity index is 804. The minimum absolute atomic E-state index is 0.0571. The Morgan fingerprint density at radius 2 is 2.04 bits per heavy atom. The highest BCUT2D eigenvalue weighted by atomic mass is 35.5. The number of fused-ring (bicyclic) bond motifs is 1. The number of nitrogens with zero attached hydrogens (tertiary/aromatic N) is 1. The Morgan fingerprint density at radius 3 is 2.84 bits per heavy atom. The van der Waals surface area contributed by atoms with E-state index < -0.39 is 0 Å². The van der Waals surface area contributed by atoms with Gasteiger partial charge in [-0.05, 0) is 48.4 Å². The van der Waals surface area contributed by atoms with Crippen molar-refractivity contribution in [3.05, 3.63) is 64.2 Å². The molecule has 1 heterocycles. The molecule has 0 spiro atoms. The van der Waals surface area contributed by atoms with Crippen LogP contribution in [-0.4, -0.2) is 24.4 Å². The third-order valence-corrected chi connectivity index (χ3v) is 6.06. The normalized spacial score (nSPS) is 22.5. The lowest BCUT2D eigenvalue weighted by atomic mass is 9.97. The molecule has 1 aliphatic carbocycles. The van der Waals surface area contributed by atoms with Gasteiger partial charge < -0.3 is 10.2 Å². The molecule has 3 nitrogen and oxygen atoms in total. The van der Waals surface area contributed by atoms with Gasteiger partial charge in [-0.25, -0.2) is 0 Å². The van der Waals surface area contributed by atoms with Crippen LogP contribution in [0.25, 0.3) is 0 Å². The molecule has 0 saturated carbocycles. The Kier molecular flexibility index (Phi) is 4.53. The van der Waals surface area contributed by atoms with E-state index in [1.54, 1.807) is 0 Å². The van der Waals surface area contributed by atoms with Gasteiger partial charge in [0.1, 0.15) is 5.69 Å². The zero-order valence-corrected chi connectivity index (χ0v) is 15.3. The lowest BCUT2D eigenvalue weighted by molar-refractivity contribution is -0.539. The number of carbonyl (C=O) groups excluding carboxylic acids is 1. The van der Waals surface area contributed by atoms with Crippen LogP contribution in [0.2, 0.25) is 5.02 Å². The Labute approximate surface area is 154 Å². The fraction of sp³-hybridized carbons (Fsp3) is 0.381. The number of likely N-dealkylation sites (tertiary alicyclic amines) is 1. The smallest absolute Gasteiger partial charge is 0.226 e. The van der Waals surface area contributed by atoms with E-state index in [-0.39, 0.29) is 12.0 Å². The van der Waals surface area contributed by atoms with Crippen molar-refractivity contribution in [1.29, 1.82) is 0 Å². The number of benzene rings is 2. The first kappa shape index (κ1) is 16.6. The van der Waals surface area contributed by atoms with Crippen molar-refractivity contribution in [2.75, 3.05) is 13.6 Å². The number of hydrogen-bond donors (Lipinski definition) is 1. The molecule has 2 aliphatic rings. The Morgan fingerprint density at radius 1 is 1.20 bits per heavy atom. The van der Waals surface area contributed by atoms with E-state index in [4.69, 9.17) is 11.6 Å². The number of aryl methyl sites for hydroxylation is 1. The molecule has 1 amide bonds. The SMILES string of the molecule is C[NH2+]c1ccc(CC2CCN(C3CCc4ccccc43)C2=O)c(Cl)c1. The summed E-state index contributed by atoms with van der Waals surface area (Å²) in [5, 5.41) is 2.81. The van der Waals surface area contributed by atoms with E-state index in [1.807, 2.05) is 18.4 Å². The molecule has 0 bridgehead atoms. The zero-order chi connectivity index (χ0) is 17.4. The third kappa shape index (κ3) is 3.07. The summed E-state index contributed by atoms with van der Waals surface area (Å²) in [6, 6.07) is 15.0. The average molecular weight is 356 g/mol. The van der Waals surface area contributed by atoms with Crippen molar-refractivity contribution in [1.82, 2.24) is 4.90 Å². The number of quaternary nitrogens is 1. The van der Waals surface area contributed by atoms with Gasteiger partial charge in [0.2, 0.25) is 5.91 Å². The molecule has 2 aromatic rings. The van der Waals surface area contributed by atoms with Crippen LogP contribution in [0.1, 0.15) is 35.6 Å². The van der Waals surface area contributed by atoms with E-state index in [2.05, 4.69) is 41.3 Å². The second kappa shape index (κ2) is 6.81. The van der Waals surface area contributed by atoms with E-state index in [9.17, 15) is 4.79 Å². The second-order valence-corrected chi connectivity index (χ2v) is 7.52. The van der Waals surface area contributed by atoms with Gasteiger partial charge in [0.05, 0.1) is 13.1 Å². The molecule has 130 valence electrons. The highest BCUT2D eigenvalue weighted by molar-refractivity contribution is 6.31. The Balaban J connectivity index is 1.49. The monoisotopic (exact) mass is 355 g/mol. The maximum Gasteiger partial charge on any atom is 0.226 e. The summed E-state index contributed by atoms with van der Waals surface area (Å²) < 4.78 is 0. The van der Waals surface area contributed by atoms with Gasteiger partial charge in [-0.1, -0.05) is 41.9 Å². The molecular formula is C21H24ClN2O+. The molecule has 0 aromatic heterocycles. The van der Waals surface area contributed by atoms with Crippen molar-refractivity contribution in [2.45, 2.75) is 31.7 Å². The number of hydrogen-bond acceptors (Lipinski definition) is 1. The highest BCUT2D eigenvalue weighted by Gasteiger charge is 2.38. The van der Waals surface area contributed by atoms with E-state index in [0.717, 1.165) is 48.5 Å². The van der Waals surface area contributed by atoms with Crippen LogP contribution in [0.4, 0.5) is 5.69 Å². The van der Waals surface area contributed by atoms with E-state index in [0.29, 0.717) is 5.91 Å². The van der Waals surface area contributed by atoms with Crippen molar-refractivity contribution in [3.8, 4) is 0 Å². The molecule has 2 atom stereocenters. The molecule has 1 aliphatic heterocycles. The fourth-order valence-corrected chi connectivity index (χ4v) is 4.56. The van der Waals surface area contributed by atoms with Crippen LogP contribution in [0.15, 0.2) is 42.5 Å². The predicted octanol–water partition coefficient (Wildman–Crippen LogP) is 3.24. The number of rotatable bonds is 4. The van der Waals surface area contributed by atoms with Crippen LogP contribution in [-0.2, 0) is 17.6 Å². The first-order chi connectivity index (χ1) is 12.2. The van der Waals surface area contributed by atoms with Gasteiger partial charge in [-0.15, -0.1) is 0 Å². The molecule has 2 N–H and O–H groups in total. The first-order valence-electron chi connectivity index (χ1n) is 9.13. The van der Waals surface area contributed by atoms with E-state index >= 15 is 0 Å². The molecular weight excluding hydrogens is 332 g/mol. The third-order valence-electron chi connectivity index (χ3n) is 5.70. The summed E-state index contributed by atoms with van der Waals surface area (Å²) in [7, 11) is 2.00. The standard InChI is InChI=1S/C21H23ClN2O/c1-23-17-8-6-15(19(22)13-17)12-16-10-11-24(21(16)25)20-9-7-14-4-2-3-5-18(14)20/h2-6,8,13,16,20,23H,7,9-12H2,1H3/p+1. The quantitative estimate of drug-likeness (QED) is 0.840. The van der Waals surface area contributed by atoms with Gasteiger partial charge in [0.15, 0.2) is 0 Å². The van der Waals surface area contributed by atoms with Crippen LogP contribution in [0.3, 0.4) is 0 Å². The van der Waals surface area contributed by atoms with Crippen LogP contribution in [0, 0.1) is 5.92 Å². The number of halogens is 1.